The fourth-order valence-electron chi connectivity index (χ4n) is 5.28. The lowest BCUT2D eigenvalue weighted by molar-refractivity contribution is -0.123. The maximum absolute atomic E-state index is 12.9. The molecule has 5 atom stereocenters. The van der Waals surface area contributed by atoms with Gasteiger partial charge >= 0.3 is 0 Å². The molecule has 10 nitrogen and oxygen atoms in total. The average molecular weight is 438 g/mol. The van der Waals surface area contributed by atoms with E-state index in [0.717, 1.165) is 17.7 Å². The Bertz CT molecular complexity index is 1150. The number of imidazole rings is 1. The molecule has 6 N–H and O–H groups in total. The maximum atomic E-state index is 12.9. The van der Waals surface area contributed by atoms with Crippen LogP contribution in [0.3, 0.4) is 0 Å². The highest BCUT2D eigenvalue weighted by Crippen LogP contribution is 2.64. The number of aromatic nitrogens is 4. The highest BCUT2D eigenvalue weighted by atomic mass is 16.5. The highest BCUT2D eigenvalue weighted by Gasteiger charge is 2.67. The Hall–Kier alpha value is -3.24. The van der Waals surface area contributed by atoms with Gasteiger partial charge in [-0.1, -0.05) is 12.1 Å². The van der Waals surface area contributed by atoms with Crippen LogP contribution in [-0.4, -0.2) is 56.3 Å². The number of aliphatic hydroxyl groups is 1. The summed E-state index contributed by atoms with van der Waals surface area (Å²) in [5.41, 5.74) is 14.1. The fraction of sp³-hybridized carbons (Fsp3) is 0.455. The third-order valence-corrected chi connectivity index (χ3v) is 7.04. The number of nitrogens with two attached hydrogens (primary N) is 2. The Morgan fingerprint density at radius 3 is 2.81 bits per heavy atom. The third-order valence-electron chi connectivity index (χ3n) is 7.04. The molecular weight excluding hydrogens is 410 g/mol. The predicted octanol–water partition coefficient (Wildman–Crippen LogP) is 0.199. The number of hydrogen-bond acceptors (Lipinski definition) is 8. The van der Waals surface area contributed by atoms with Crippen LogP contribution < -0.4 is 21.5 Å². The molecule has 0 aliphatic heterocycles. The summed E-state index contributed by atoms with van der Waals surface area (Å²) in [6.45, 7) is -0.00512. The molecule has 3 aromatic rings. The molecule has 1 amide bonds. The zero-order valence-corrected chi connectivity index (χ0v) is 17.8. The molecule has 2 aromatic heterocycles. The van der Waals surface area contributed by atoms with E-state index in [1.807, 2.05) is 28.8 Å². The van der Waals surface area contributed by atoms with E-state index in [1.54, 1.807) is 13.4 Å². The number of carbonyl (C=O) groups excluding carboxylic acids is 1. The molecule has 0 radical (unpaired) electrons. The standard InChI is InChI=1S/C22H27N7O3/c1-32-13-4-2-12(3-5-13)6-16(23)21(31)28-17-8-22(7-15(22)14(17)9-30)29-11-27-18-19(24)25-10-26-20(18)29/h2-5,10-11,14-17,30H,6-9,23H2,1H3,(H,28,31)(H2,24,25,26)/t14-,15-,16-,17-,22-/m0/s1. The van der Waals surface area contributed by atoms with Gasteiger partial charge in [-0.15, -0.1) is 0 Å². The molecule has 168 valence electrons. The van der Waals surface area contributed by atoms with E-state index >= 15 is 0 Å². The van der Waals surface area contributed by atoms with Crippen LogP contribution in [0.1, 0.15) is 18.4 Å². The minimum Gasteiger partial charge on any atom is -0.497 e. The number of ether oxygens (including phenoxy) is 1. The smallest absolute Gasteiger partial charge is 0.237 e. The zero-order chi connectivity index (χ0) is 22.5. The summed E-state index contributed by atoms with van der Waals surface area (Å²) < 4.78 is 7.21. The number of anilines is 1. The van der Waals surface area contributed by atoms with Gasteiger partial charge in [-0.05, 0) is 42.9 Å². The van der Waals surface area contributed by atoms with Crippen molar-refractivity contribution in [3.8, 4) is 5.75 Å². The summed E-state index contributed by atoms with van der Waals surface area (Å²) in [5, 5.41) is 13.2. The van der Waals surface area contributed by atoms with E-state index in [-0.39, 0.29) is 35.9 Å². The van der Waals surface area contributed by atoms with E-state index in [2.05, 4.69) is 20.3 Å². The number of benzene rings is 1. The van der Waals surface area contributed by atoms with E-state index in [0.29, 0.717) is 29.8 Å². The van der Waals surface area contributed by atoms with Crippen LogP contribution in [0.15, 0.2) is 36.9 Å². The Kier molecular flexibility index (Phi) is 4.98. The lowest BCUT2D eigenvalue weighted by Crippen LogP contribution is -2.49. The molecule has 0 bridgehead atoms. The number of nitrogen functional groups attached to an aromatic ring is 1. The minimum absolute atomic E-state index is 0.00512. The van der Waals surface area contributed by atoms with Gasteiger partial charge in [0.05, 0.1) is 25.0 Å². The molecule has 10 heteroatoms. The van der Waals surface area contributed by atoms with Gasteiger partial charge in [0, 0.05) is 18.6 Å². The molecule has 5 rings (SSSR count). The van der Waals surface area contributed by atoms with E-state index in [4.69, 9.17) is 16.2 Å². The summed E-state index contributed by atoms with van der Waals surface area (Å²) in [6, 6.07) is 6.64. The molecule has 2 aliphatic carbocycles. The first-order valence-electron chi connectivity index (χ1n) is 10.7. The van der Waals surface area contributed by atoms with E-state index in [1.165, 1.54) is 6.33 Å². The van der Waals surface area contributed by atoms with Gasteiger partial charge < -0.3 is 31.2 Å². The first-order chi connectivity index (χ1) is 15.5. The minimum atomic E-state index is -0.683. The number of fused-ring (bicyclic) bond motifs is 2. The zero-order valence-electron chi connectivity index (χ0n) is 17.8. The van der Waals surface area contributed by atoms with Crippen LogP contribution in [0.5, 0.6) is 5.75 Å². The molecule has 0 spiro atoms. The second-order valence-electron chi connectivity index (χ2n) is 8.78. The molecule has 0 unspecified atom stereocenters. The SMILES string of the molecule is COc1ccc(C[C@H](N)C(=O)N[C@H]2C[C@@]3(n4cnc5c(N)ncnc54)C[C@H]3[C@@H]2CO)cc1. The third kappa shape index (κ3) is 3.26. The maximum Gasteiger partial charge on any atom is 0.237 e. The number of hydrogen-bond donors (Lipinski definition) is 4. The molecule has 2 saturated carbocycles. The van der Waals surface area contributed by atoms with Crippen molar-refractivity contribution in [3.63, 3.8) is 0 Å². The summed E-state index contributed by atoms with van der Waals surface area (Å²) in [7, 11) is 1.61. The van der Waals surface area contributed by atoms with Crippen molar-refractivity contribution in [2.24, 2.45) is 17.6 Å². The Balaban J connectivity index is 1.30. The van der Waals surface area contributed by atoms with Crippen LogP contribution in [0.4, 0.5) is 5.82 Å². The second kappa shape index (κ2) is 7.72. The molecule has 0 saturated heterocycles. The van der Waals surface area contributed by atoms with Crippen molar-refractivity contribution in [1.29, 1.82) is 0 Å². The van der Waals surface area contributed by atoms with Gasteiger partial charge in [-0.2, -0.15) is 0 Å². The van der Waals surface area contributed by atoms with Gasteiger partial charge in [0.1, 0.15) is 17.6 Å². The first kappa shape index (κ1) is 20.7. The van der Waals surface area contributed by atoms with Gasteiger partial charge in [-0.25, -0.2) is 15.0 Å². The Morgan fingerprint density at radius 2 is 2.09 bits per heavy atom. The van der Waals surface area contributed by atoms with Crippen molar-refractivity contribution in [1.82, 2.24) is 24.8 Å². The van der Waals surface area contributed by atoms with Crippen molar-refractivity contribution in [2.45, 2.75) is 36.9 Å². The summed E-state index contributed by atoms with van der Waals surface area (Å²) in [4.78, 5) is 25.6. The summed E-state index contributed by atoms with van der Waals surface area (Å²) in [5.74, 6) is 1.05. The van der Waals surface area contributed by atoms with Crippen LogP contribution in [-0.2, 0) is 16.8 Å². The number of nitrogens with zero attached hydrogens (tertiary/aromatic N) is 4. The van der Waals surface area contributed by atoms with Crippen LogP contribution in [0, 0.1) is 11.8 Å². The molecule has 2 aliphatic rings. The van der Waals surface area contributed by atoms with Gasteiger partial charge in [0.15, 0.2) is 11.5 Å². The number of carbonyl (C=O) groups is 1. The van der Waals surface area contributed by atoms with Gasteiger partial charge in [0.25, 0.3) is 0 Å². The number of rotatable bonds is 7. The van der Waals surface area contributed by atoms with E-state index < -0.39 is 6.04 Å². The van der Waals surface area contributed by atoms with Crippen LogP contribution in [0.25, 0.3) is 11.2 Å². The van der Waals surface area contributed by atoms with Crippen LogP contribution in [0.2, 0.25) is 0 Å². The number of amides is 1. The van der Waals surface area contributed by atoms with E-state index in [9.17, 15) is 9.90 Å². The van der Waals surface area contributed by atoms with Crippen molar-refractivity contribution < 1.29 is 14.6 Å². The monoisotopic (exact) mass is 437 g/mol. The Morgan fingerprint density at radius 1 is 1.31 bits per heavy atom. The molecule has 2 heterocycles. The van der Waals surface area contributed by atoms with Crippen molar-refractivity contribution in [3.05, 3.63) is 42.5 Å². The number of nitrogens with one attached hydrogen (secondary N) is 1. The van der Waals surface area contributed by atoms with Gasteiger partial charge in [-0.3, -0.25) is 4.79 Å². The summed E-state index contributed by atoms with van der Waals surface area (Å²) in [6.07, 6.45) is 5.17. The lowest BCUT2D eigenvalue weighted by Gasteiger charge is -2.24. The topological polar surface area (TPSA) is 154 Å². The molecule has 1 aromatic carbocycles. The quantitative estimate of drug-likeness (QED) is 0.409. The molecule has 2 fully saturated rings. The van der Waals surface area contributed by atoms with Gasteiger partial charge in [0.2, 0.25) is 5.91 Å². The fourth-order valence-corrected chi connectivity index (χ4v) is 5.28. The predicted molar refractivity (Wildman–Crippen MR) is 118 cm³/mol. The average Bonchev–Trinajstić information content (AvgIpc) is 3.18. The lowest BCUT2D eigenvalue weighted by atomic mass is 9.98. The number of methoxy groups -OCH3 is 1. The molecular formula is C22H27N7O3. The highest BCUT2D eigenvalue weighted by molar-refractivity contribution is 5.83. The van der Waals surface area contributed by atoms with Crippen LogP contribution >= 0.6 is 0 Å². The second-order valence-corrected chi connectivity index (χ2v) is 8.78. The summed E-state index contributed by atoms with van der Waals surface area (Å²) >= 11 is 0. The normalized spacial score (nSPS) is 27.2. The number of aliphatic hydroxyl groups excluding tert-OH is 1. The van der Waals surface area contributed by atoms with Crippen molar-refractivity contribution >= 4 is 22.9 Å². The van der Waals surface area contributed by atoms with Crippen molar-refractivity contribution in [2.75, 3.05) is 19.5 Å². The molecule has 32 heavy (non-hydrogen) atoms. The Labute approximate surface area is 185 Å². The first-order valence-corrected chi connectivity index (χ1v) is 10.7. The largest absolute Gasteiger partial charge is 0.497 e.